The number of aromatic amines is 1. The van der Waals surface area contributed by atoms with E-state index in [1.807, 2.05) is 27.7 Å². The van der Waals surface area contributed by atoms with Crippen LogP contribution >= 0.6 is 0 Å². The lowest BCUT2D eigenvalue weighted by atomic mass is 9.96. The van der Waals surface area contributed by atoms with Gasteiger partial charge in [0, 0.05) is 0 Å². The minimum absolute atomic E-state index is 0.220. The van der Waals surface area contributed by atoms with Crippen LogP contribution in [0.2, 0.25) is 0 Å². The van der Waals surface area contributed by atoms with E-state index in [0.717, 1.165) is 0 Å². The summed E-state index contributed by atoms with van der Waals surface area (Å²) in [7, 11) is 0. The van der Waals surface area contributed by atoms with Gasteiger partial charge in [0.05, 0.1) is 6.61 Å². The van der Waals surface area contributed by atoms with Gasteiger partial charge < -0.3 is 23.7 Å². The van der Waals surface area contributed by atoms with Crippen LogP contribution in [0.25, 0.3) is 0 Å². The molecule has 0 radical (unpaired) electrons. The van der Waals surface area contributed by atoms with Gasteiger partial charge in [-0.2, -0.15) is 5.21 Å². The predicted molar refractivity (Wildman–Crippen MR) is 65.7 cm³/mol. The molecule has 9 nitrogen and oxygen atoms in total. The molecule has 0 bridgehead atoms. The van der Waals surface area contributed by atoms with Crippen molar-refractivity contribution in [2.75, 3.05) is 6.61 Å². The number of hydrogen-bond donors (Lipinski definition) is 1. The molecule has 1 aromatic rings. The predicted octanol–water partition coefficient (Wildman–Crippen LogP) is 0.0543. The standard InChI is InChI=1S/C12H18N4O5/c1-10(2)18-6-5-17-12(9-13-15-16-14-9)8(7(6)19-10)20-11(3,4)21-12/h6-8H,5H2,1-4H3,(H,13,14,15,16)/t6-,7-,8+,12-/m1/s1. The zero-order valence-corrected chi connectivity index (χ0v) is 12.3. The Morgan fingerprint density at radius 1 is 1.10 bits per heavy atom. The summed E-state index contributed by atoms with van der Waals surface area (Å²) in [5.74, 6) is -2.48. The third-order valence-corrected chi connectivity index (χ3v) is 3.82. The van der Waals surface area contributed by atoms with Crippen LogP contribution in [-0.4, -0.2) is 57.1 Å². The highest BCUT2D eigenvalue weighted by molar-refractivity contribution is 5.10. The summed E-state index contributed by atoms with van der Waals surface area (Å²) in [6, 6.07) is 0. The van der Waals surface area contributed by atoms with Crippen LogP contribution in [0.5, 0.6) is 0 Å². The quantitative estimate of drug-likeness (QED) is 0.776. The molecule has 0 amide bonds. The Hall–Kier alpha value is -1.13. The zero-order chi connectivity index (χ0) is 14.9. The Bertz CT molecular complexity index is 548. The monoisotopic (exact) mass is 298 g/mol. The summed E-state index contributed by atoms with van der Waals surface area (Å²) in [5.41, 5.74) is 0. The van der Waals surface area contributed by atoms with E-state index in [2.05, 4.69) is 20.6 Å². The van der Waals surface area contributed by atoms with Crippen LogP contribution in [0.15, 0.2) is 0 Å². The Labute approximate surface area is 121 Å². The van der Waals surface area contributed by atoms with E-state index in [9.17, 15) is 0 Å². The fourth-order valence-electron chi connectivity index (χ4n) is 3.23. The first kappa shape index (κ1) is 13.5. The third kappa shape index (κ3) is 1.92. The molecule has 4 heterocycles. The topological polar surface area (TPSA) is 101 Å². The van der Waals surface area contributed by atoms with Crippen LogP contribution in [0, 0.1) is 0 Å². The molecule has 1 N–H and O–H groups in total. The number of hydrogen-bond acceptors (Lipinski definition) is 8. The Balaban J connectivity index is 1.76. The molecule has 3 fully saturated rings. The van der Waals surface area contributed by atoms with Crippen molar-refractivity contribution < 1.29 is 23.7 Å². The van der Waals surface area contributed by atoms with Gasteiger partial charge in [0.25, 0.3) is 5.79 Å². The number of nitrogens with zero attached hydrogens (tertiary/aromatic N) is 3. The van der Waals surface area contributed by atoms with Gasteiger partial charge in [-0.05, 0) is 32.9 Å². The highest BCUT2D eigenvalue weighted by atomic mass is 16.9. The molecular weight excluding hydrogens is 280 g/mol. The lowest BCUT2D eigenvalue weighted by molar-refractivity contribution is -0.294. The number of ether oxygens (including phenoxy) is 5. The summed E-state index contributed by atoms with van der Waals surface area (Å²) in [5, 5.41) is 14.0. The number of H-pyrrole nitrogens is 1. The van der Waals surface area contributed by atoms with Gasteiger partial charge in [0.15, 0.2) is 17.7 Å². The second-order valence-electron chi connectivity index (χ2n) is 6.39. The third-order valence-electron chi connectivity index (χ3n) is 3.82. The van der Waals surface area contributed by atoms with Crippen molar-refractivity contribution in [3.05, 3.63) is 5.82 Å². The smallest absolute Gasteiger partial charge is 0.266 e. The fourth-order valence-corrected chi connectivity index (χ4v) is 3.23. The maximum absolute atomic E-state index is 6.01. The molecular formula is C12H18N4O5. The molecule has 0 unspecified atom stereocenters. The van der Waals surface area contributed by atoms with Crippen molar-refractivity contribution in [3.63, 3.8) is 0 Å². The van der Waals surface area contributed by atoms with Gasteiger partial charge in [0.1, 0.15) is 12.2 Å². The van der Waals surface area contributed by atoms with Gasteiger partial charge >= 0.3 is 0 Å². The van der Waals surface area contributed by atoms with E-state index in [1.165, 1.54) is 0 Å². The molecule has 4 rings (SSSR count). The van der Waals surface area contributed by atoms with Gasteiger partial charge in [-0.3, -0.25) is 0 Å². The van der Waals surface area contributed by atoms with E-state index >= 15 is 0 Å². The van der Waals surface area contributed by atoms with E-state index in [-0.39, 0.29) is 12.2 Å². The van der Waals surface area contributed by atoms with Crippen molar-refractivity contribution in [2.24, 2.45) is 0 Å². The summed E-state index contributed by atoms with van der Waals surface area (Å²) in [6.07, 6.45) is -1.08. The van der Waals surface area contributed by atoms with Gasteiger partial charge in [-0.25, -0.2) is 0 Å². The molecule has 0 aliphatic carbocycles. The van der Waals surface area contributed by atoms with Crippen molar-refractivity contribution in [1.82, 2.24) is 20.6 Å². The van der Waals surface area contributed by atoms with Gasteiger partial charge in [-0.15, -0.1) is 10.2 Å². The average Bonchev–Trinajstić information content (AvgIpc) is 3.02. The van der Waals surface area contributed by atoms with Crippen LogP contribution < -0.4 is 0 Å². The van der Waals surface area contributed by atoms with Crippen LogP contribution in [-0.2, 0) is 29.5 Å². The maximum Gasteiger partial charge on any atom is 0.266 e. The molecule has 21 heavy (non-hydrogen) atoms. The molecule has 3 aliphatic rings. The Morgan fingerprint density at radius 2 is 1.90 bits per heavy atom. The van der Waals surface area contributed by atoms with Crippen molar-refractivity contribution in [1.29, 1.82) is 0 Å². The largest absolute Gasteiger partial charge is 0.342 e. The highest BCUT2D eigenvalue weighted by Gasteiger charge is 2.67. The van der Waals surface area contributed by atoms with Crippen molar-refractivity contribution in [2.45, 2.75) is 63.4 Å². The number of rotatable bonds is 1. The summed E-state index contributed by atoms with van der Waals surface area (Å²) in [6.45, 7) is 7.65. The maximum atomic E-state index is 6.01. The first-order valence-electron chi connectivity index (χ1n) is 6.93. The lowest BCUT2D eigenvalue weighted by Crippen LogP contribution is -2.56. The average molecular weight is 298 g/mol. The number of nitrogens with one attached hydrogen (secondary N) is 1. The normalized spacial score (nSPS) is 43.5. The van der Waals surface area contributed by atoms with Gasteiger partial charge in [-0.1, -0.05) is 0 Å². The molecule has 0 saturated carbocycles. The van der Waals surface area contributed by atoms with Crippen molar-refractivity contribution >= 4 is 0 Å². The Morgan fingerprint density at radius 3 is 2.62 bits per heavy atom. The molecule has 1 aromatic heterocycles. The van der Waals surface area contributed by atoms with E-state index < -0.39 is 23.5 Å². The summed E-state index contributed by atoms with van der Waals surface area (Å²) >= 11 is 0. The second-order valence-corrected chi connectivity index (χ2v) is 6.39. The lowest BCUT2D eigenvalue weighted by Gasteiger charge is -2.38. The SMILES string of the molecule is CC1(C)O[C@@H]2[C@@H](CO[C@@]3(c4nn[nH]n4)OC(C)(C)O[C@@H]23)O1. The minimum Gasteiger partial charge on any atom is -0.342 e. The molecule has 4 atom stereocenters. The molecule has 3 aliphatic heterocycles. The second kappa shape index (κ2) is 3.99. The molecule has 9 heteroatoms. The van der Waals surface area contributed by atoms with Crippen LogP contribution in [0.1, 0.15) is 33.5 Å². The number of fused-ring (bicyclic) bond motifs is 3. The fraction of sp³-hybridized carbons (Fsp3) is 0.917. The number of tetrazole rings is 1. The van der Waals surface area contributed by atoms with Gasteiger partial charge in [0.2, 0.25) is 5.82 Å². The first-order chi connectivity index (χ1) is 9.81. The van der Waals surface area contributed by atoms with Crippen molar-refractivity contribution in [3.8, 4) is 0 Å². The highest BCUT2D eigenvalue weighted by Crippen LogP contribution is 2.51. The van der Waals surface area contributed by atoms with E-state index in [4.69, 9.17) is 23.7 Å². The minimum atomic E-state index is -1.23. The molecule has 3 saturated heterocycles. The first-order valence-corrected chi connectivity index (χ1v) is 6.93. The Kier molecular flexibility index (Phi) is 2.57. The zero-order valence-electron chi connectivity index (χ0n) is 12.3. The number of aromatic nitrogens is 4. The molecule has 0 aromatic carbocycles. The summed E-state index contributed by atoms with van der Waals surface area (Å²) < 4.78 is 29.8. The van der Waals surface area contributed by atoms with Crippen LogP contribution in [0.3, 0.4) is 0 Å². The summed E-state index contributed by atoms with van der Waals surface area (Å²) in [4.78, 5) is 0. The molecule has 0 spiro atoms. The molecule has 116 valence electrons. The van der Waals surface area contributed by atoms with E-state index in [0.29, 0.717) is 12.4 Å². The van der Waals surface area contributed by atoms with E-state index in [1.54, 1.807) is 0 Å². The van der Waals surface area contributed by atoms with Crippen LogP contribution in [0.4, 0.5) is 0 Å².